The van der Waals surface area contributed by atoms with Crippen LogP contribution in [0.25, 0.3) is 10.9 Å². The zero-order valence-corrected chi connectivity index (χ0v) is 12.3. The number of aryl methyl sites for hydroxylation is 1. The summed E-state index contributed by atoms with van der Waals surface area (Å²) in [5, 5.41) is 12.7. The predicted molar refractivity (Wildman–Crippen MR) is 81.1 cm³/mol. The van der Waals surface area contributed by atoms with E-state index in [1.54, 1.807) is 13.0 Å². The van der Waals surface area contributed by atoms with Crippen molar-refractivity contribution in [1.82, 2.24) is 4.98 Å². The highest BCUT2D eigenvalue weighted by Crippen LogP contribution is 2.24. The molecule has 0 radical (unpaired) electrons. The van der Waals surface area contributed by atoms with Gasteiger partial charge in [0.2, 0.25) is 5.91 Å². The van der Waals surface area contributed by atoms with Gasteiger partial charge in [0.05, 0.1) is 17.1 Å². The van der Waals surface area contributed by atoms with E-state index < -0.39 is 17.8 Å². The first kappa shape index (κ1) is 15.0. The quantitative estimate of drug-likeness (QED) is 0.905. The maximum atomic E-state index is 12.2. The fourth-order valence-corrected chi connectivity index (χ4v) is 2.10. The number of benzene rings is 1. The van der Waals surface area contributed by atoms with Crippen LogP contribution in [0.3, 0.4) is 0 Å². The number of pyridine rings is 1. The Balaban J connectivity index is 2.31. The summed E-state index contributed by atoms with van der Waals surface area (Å²) in [5.74, 6) is -2.64. The number of hydrogen-bond acceptors (Lipinski definition) is 3. The molecule has 0 spiro atoms. The monoisotopic (exact) mass is 286 g/mol. The van der Waals surface area contributed by atoms with Crippen LogP contribution in [0.1, 0.15) is 19.5 Å². The third kappa shape index (κ3) is 3.18. The highest BCUT2D eigenvalue weighted by molar-refractivity contribution is 6.02. The number of carboxylic acids is 1. The number of carbonyl (C=O) groups excluding carboxylic acids is 1. The third-order valence-corrected chi connectivity index (χ3v) is 3.66. The second kappa shape index (κ2) is 5.91. The standard InChI is InChI=1S/C16H18N2O3/c1-9-8-14(12-6-4-5-7-13(12)17-9)18-15(19)10(2)11(3)16(20)21/h4-8,10-11H,1-3H3,(H,20,21)(H,17,18,19). The molecule has 5 heteroatoms. The van der Waals surface area contributed by atoms with E-state index in [1.165, 1.54) is 6.92 Å². The van der Waals surface area contributed by atoms with E-state index in [0.717, 1.165) is 16.6 Å². The maximum Gasteiger partial charge on any atom is 0.307 e. The van der Waals surface area contributed by atoms with Crippen LogP contribution in [0.15, 0.2) is 30.3 Å². The zero-order chi connectivity index (χ0) is 15.6. The van der Waals surface area contributed by atoms with Crippen LogP contribution in [0, 0.1) is 18.8 Å². The second-order valence-electron chi connectivity index (χ2n) is 5.23. The average Bonchev–Trinajstić information content (AvgIpc) is 2.45. The van der Waals surface area contributed by atoms with Crippen molar-refractivity contribution in [3.8, 4) is 0 Å². The minimum Gasteiger partial charge on any atom is -0.481 e. The molecule has 1 aromatic carbocycles. The first-order chi connectivity index (χ1) is 9.90. The zero-order valence-electron chi connectivity index (χ0n) is 12.3. The van der Waals surface area contributed by atoms with Gasteiger partial charge in [-0.3, -0.25) is 14.6 Å². The smallest absolute Gasteiger partial charge is 0.307 e. The van der Waals surface area contributed by atoms with E-state index >= 15 is 0 Å². The first-order valence-electron chi connectivity index (χ1n) is 6.80. The molecule has 0 saturated carbocycles. The summed E-state index contributed by atoms with van der Waals surface area (Å²) < 4.78 is 0. The Bertz CT molecular complexity index is 697. The number of anilines is 1. The Labute approximate surface area is 123 Å². The van der Waals surface area contributed by atoms with Crippen molar-refractivity contribution in [2.24, 2.45) is 11.8 Å². The molecule has 2 atom stereocenters. The molecule has 0 aliphatic heterocycles. The number of carbonyl (C=O) groups is 2. The van der Waals surface area contributed by atoms with Crippen molar-refractivity contribution in [3.63, 3.8) is 0 Å². The largest absolute Gasteiger partial charge is 0.481 e. The number of para-hydroxylation sites is 1. The van der Waals surface area contributed by atoms with E-state index in [2.05, 4.69) is 10.3 Å². The van der Waals surface area contributed by atoms with Crippen molar-refractivity contribution in [2.75, 3.05) is 5.32 Å². The molecule has 0 bridgehead atoms. The van der Waals surface area contributed by atoms with Crippen molar-refractivity contribution in [3.05, 3.63) is 36.0 Å². The SMILES string of the molecule is Cc1cc(NC(=O)C(C)C(C)C(=O)O)c2ccccc2n1. The Kier molecular flexibility index (Phi) is 4.21. The molecule has 0 saturated heterocycles. The summed E-state index contributed by atoms with van der Waals surface area (Å²) >= 11 is 0. The molecule has 2 unspecified atom stereocenters. The number of carboxylic acid groups (broad SMARTS) is 1. The molecule has 21 heavy (non-hydrogen) atoms. The van der Waals surface area contributed by atoms with Crippen LogP contribution in [-0.2, 0) is 9.59 Å². The van der Waals surface area contributed by atoms with Gasteiger partial charge in [0.1, 0.15) is 0 Å². The minimum absolute atomic E-state index is 0.305. The summed E-state index contributed by atoms with van der Waals surface area (Å²) in [5.41, 5.74) is 2.25. The molecule has 110 valence electrons. The lowest BCUT2D eigenvalue weighted by Crippen LogP contribution is -2.30. The molecule has 0 fully saturated rings. The van der Waals surface area contributed by atoms with Gasteiger partial charge in [-0.1, -0.05) is 32.0 Å². The number of aliphatic carboxylic acids is 1. The average molecular weight is 286 g/mol. The number of nitrogens with one attached hydrogen (secondary N) is 1. The molecule has 0 aliphatic carbocycles. The molecule has 5 nitrogen and oxygen atoms in total. The fraction of sp³-hybridized carbons (Fsp3) is 0.312. The highest BCUT2D eigenvalue weighted by atomic mass is 16.4. The Morgan fingerprint density at radius 3 is 2.52 bits per heavy atom. The summed E-state index contributed by atoms with van der Waals surface area (Å²) in [6.45, 7) is 5.00. The Hall–Kier alpha value is -2.43. The second-order valence-corrected chi connectivity index (χ2v) is 5.23. The van der Waals surface area contributed by atoms with Crippen LogP contribution >= 0.6 is 0 Å². The Morgan fingerprint density at radius 1 is 1.19 bits per heavy atom. The van der Waals surface area contributed by atoms with Crippen LogP contribution in [0.2, 0.25) is 0 Å². The van der Waals surface area contributed by atoms with Crippen LogP contribution in [-0.4, -0.2) is 22.0 Å². The third-order valence-electron chi connectivity index (χ3n) is 3.66. The van der Waals surface area contributed by atoms with E-state index in [4.69, 9.17) is 5.11 Å². The Morgan fingerprint density at radius 2 is 1.86 bits per heavy atom. The molecule has 2 N–H and O–H groups in total. The van der Waals surface area contributed by atoms with Crippen LogP contribution in [0.4, 0.5) is 5.69 Å². The predicted octanol–water partition coefficient (Wildman–Crippen LogP) is 2.84. The summed E-state index contributed by atoms with van der Waals surface area (Å²) in [6, 6.07) is 9.30. The van der Waals surface area contributed by atoms with Gasteiger partial charge in [0, 0.05) is 17.0 Å². The van der Waals surface area contributed by atoms with Gasteiger partial charge >= 0.3 is 5.97 Å². The van der Waals surface area contributed by atoms with Gasteiger partial charge in [-0.15, -0.1) is 0 Å². The molecular weight excluding hydrogens is 268 g/mol. The highest BCUT2D eigenvalue weighted by Gasteiger charge is 2.26. The molecule has 1 aromatic heterocycles. The van der Waals surface area contributed by atoms with Crippen LogP contribution < -0.4 is 5.32 Å². The fourth-order valence-electron chi connectivity index (χ4n) is 2.10. The lowest BCUT2D eigenvalue weighted by atomic mass is 9.95. The molecular formula is C16H18N2O3. The number of aromatic nitrogens is 1. The number of hydrogen-bond donors (Lipinski definition) is 2. The van der Waals surface area contributed by atoms with E-state index in [0.29, 0.717) is 5.69 Å². The molecule has 2 aromatic rings. The molecule has 1 amide bonds. The number of nitrogens with zero attached hydrogens (tertiary/aromatic N) is 1. The number of fused-ring (bicyclic) bond motifs is 1. The lowest BCUT2D eigenvalue weighted by Gasteiger charge is -2.17. The van der Waals surface area contributed by atoms with Gasteiger partial charge in [-0.05, 0) is 19.1 Å². The maximum absolute atomic E-state index is 12.2. The van der Waals surface area contributed by atoms with E-state index in [9.17, 15) is 9.59 Å². The van der Waals surface area contributed by atoms with Gasteiger partial charge in [-0.2, -0.15) is 0 Å². The van der Waals surface area contributed by atoms with Gasteiger partial charge in [-0.25, -0.2) is 0 Å². The van der Waals surface area contributed by atoms with Gasteiger partial charge < -0.3 is 10.4 Å². The molecule has 1 heterocycles. The normalized spacial score (nSPS) is 13.7. The van der Waals surface area contributed by atoms with Crippen LogP contribution in [0.5, 0.6) is 0 Å². The van der Waals surface area contributed by atoms with Crippen molar-refractivity contribution < 1.29 is 14.7 Å². The molecule has 0 aliphatic rings. The number of rotatable bonds is 4. The molecule has 2 rings (SSSR count). The van der Waals surface area contributed by atoms with Gasteiger partial charge in [0.15, 0.2) is 0 Å². The topological polar surface area (TPSA) is 79.3 Å². The first-order valence-corrected chi connectivity index (χ1v) is 6.80. The van der Waals surface area contributed by atoms with E-state index in [1.807, 2.05) is 31.2 Å². The summed E-state index contributed by atoms with van der Waals surface area (Å²) in [7, 11) is 0. The van der Waals surface area contributed by atoms with Crippen molar-refractivity contribution in [2.45, 2.75) is 20.8 Å². The number of amides is 1. The van der Waals surface area contributed by atoms with E-state index in [-0.39, 0.29) is 5.91 Å². The van der Waals surface area contributed by atoms with Crippen molar-refractivity contribution >= 4 is 28.5 Å². The minimum atomic E-state index is -0.978. The van der Waals surface area contributed by atoms with Gasteiger partial charge in [0.25, 0.3) is 0 Å². The van der Waals surface area contributed by atoms with Crippen molar-refractivity contribution in [1.29, 1.82) is 0 Å². The summed E-state index contributed by atoms with van der Waals surface area (Å²) in [4.78, 5) is 27.6. The lowest BCUT2D eigenvalue weighted by molar-refractivity contribution is -0.145. The summed E-state index contributed by atoms with van der Waals surface area (Å²) in [6.07, 6.45) is 0.